The standard InChI is InChI=1S/C20H21N3O2S/c1-14-16-6-2-3-7-17(16)26-18(14)20(24)22-13-15-5-4-8-21-19(15)23-9-11-25-12-10-23/h2-8H,9-13H2,1H3,(H,22,24). The molecular weight excluding hydrogens is 346 g/mol. The fraction of sp³-hybridized carbons (Fsp3) is 0.300. The summed E-state index contributed by atoms with van der Waals surface area (Å²) in [5.41, 5.74) is 2.07. The van der Waals surface area contributed by atoms with E-state index in [1.165, 1.54) is 0 Å². The lowest BCUT2D eigenvalue weighted by Gasteiger charge is -2.29. The van der Waals surface area contributed by atoms with Crippen LogP contribution in [0.1, 0.15) is 20.8 Å². The summed E-state index contributed by atoms with van der Waals surface area (Å²) in [6.07, 6.45) is 1.80. The molecule has 0 saturated carbocycles. The van der Waals surface area contributed by atoms with Gasteiger partial charge in [0, 0.05) is 36.1 Å². The summed E-state index contributed by atoms with van der Waals surface area (Å²) in [5, 5.41) is 4.22. The molecule has 0 bridgehead atoms. The second kappa shape index (κ2) is 7.43. The van der Waals surface area contributed by atoms with Crippen molar-refractivity contribution >= 4 is 33.1 Å². The number of aryl methyl sites for hydroxylation is 1. The molecule has 3 aromatic rings. The molecule has 0 spiro atoms. The number of rotatable bonds is 4. The van der Waals surface area contributed by atoms with Crippen LogP contribution < -0.4 is 10.2 Å². The first-order valence-corrected chi connectivity index (χ1v) is 9.58. The first kappa shape index (κ1) is 17.0. The van der Waals surface area contributed by atoms with Gasteiger partial charge in [0.2, 0.25) is 0 Å². The Kier molecular flexibility index (Phi) is 4.86. The third-order valence-electron chi connectivity index (χ3n) is 4.67. The highest BCUT2D eigenvalue weighted by Gasteiger charge is 2.18. The van der Waals surface area contributed by atoms with Crippen molar-refractivity contribution in [3.8, 4) is 0 Å². The van der Waals surface area contributed by atoms with Gasteiger partial charge in [-0.05, 0) is 30.0 Å². The van der Waals surface area contributed by atoms with E-state index >= 15 is 0 Å². The van der Waals surface area contributed by atoms with E-state index in [4.69, 9.17) is 4.74 Å². The average Bonchev–Trinajstić information content (AvgIpc) is 3.04. The third kappa shape index (κ3) is 3.30. The Morgan fingerprint density at radius 3 is 2.85 bits per heavy atom. The van der Waals surface area contributed by atoms with E-state index in [1.54, 1.807) is 17.5 Å². The van der Waals surface area contributed by atoms with Crippen molar-refractivity contribution in [1.82, 2.24) is 10.3 Å². The molecule has 0 unspecified atom stereocenters. The van der Waals surface area contributed by atoms with E-state index in [-0.39, 0.29) is 5.91 Å². The van der Waals surface area contributed by atoms with Crippen LogP contribution in [0.4, 0.5) is 5.82 Å². The van der Waals surface area contributed by atoms with Crippen LogP contribution in [0.25, 0.3) is 10.1 Å². The van der Waals surface area contributed by atoms with Crippen molar-refractivity contribution in [2.45, 2.75) is 13.5 Å². The van der Waals surface area contributed by atoms with E-state index < -0.39 is 0 Å². The van der Waals surface area contributed by atoms with Gasteiger partial charge in [-0.1, -0.05) is 24.3 Å². The van der Waals surface area contributed by atoms with E-state index in [0.717, 1.165) is 45.0 Å². The predicted octanol–water partition coefficient (Wildman–Crippen LogP) is 3.37. The number of thiophene rings is 1. The summed E-state index contributed by atoms with van der Waals surface area (Å²) >= 11 is 1.54. The van der Waals surface area contributed by atoms with Crippen molar-refractivity contribution in [3.63, 3.8) is 0 Å². The van der Waals surface area contributed by atoms with Crippen LogP contribution in [0.2, 0.25) is 0 Å². The number of benzene rings is 1. The Hall–Kier alpha value is -2.44. The molecule has 1 N–H and O–H groups in total. The van der Waals surface area contributed by atoms with Crippen molar-refractivity contribution in [2.24, 2.45) is 0 Å². The van der Waals surface area contributed by atoms with Gasteiger partial charge in [-0.2, -0.15) is 0 Å². The molecular formula is C20H21N3O2S. The summed E-state index contributed by atoms with van der Waals surface area (Å²) in [6, 6.07) is 12.1. The minimum atomic E-state index is -0.0273. The van der Waals surface area contributed by atoms with Crippen molar-refractivity contribution in [1.29, 1.82) is 0 Å². The number of pyridine rings is 1. The van der Waals surface area contributed by atoms with Gasteiger partial charge in [-0.15, -0.1) is 11.3 Å². The van der Waals surface area contributed by atoms with Gasteiger partial charge in [-0.3, -0.25) is 4.79 Å². The smallest absolute Gasteiger partial charge is 0.261 e. The largest absolute Gasteiger partial charge is 0.378 e. The molecule has 0 atom stereocenters. The maximum atomic E-state index is 12.7. The monoisotopic (exact) mass is 367 g/mol. The fourth-order valence-electron chi connectivity index (χ4n) is 3.27. The first-order chi connectivity index (χ1) is 12.7. The van der Waals surface area contributed by atoms with E-state index in [9.17, 15) is 4.79 Å². The van der Waals surface area contributed by atoms with Gasteiger partial charge >= 0.3 is 0 Å². The number of aromatic nitrogens is 1. The van der Waals surface area contributed by atoms with Gasteiger partial charge in [0.05, 0.1) is 18.1 Å². The number of morpholine rings is 1. The Morgan fingerprint density at radius 2 is 2.04 bits per heavy atom. The number of fused-ring (bicyclic) bond motifs is 1. The number of hydrogen-bond acceptors (Lipinski definition) is 5. The summed E-state index contributed by atoms with van der Waals surface area (Å²) in [5.74, 6) is 0.907. The molecule has 4 rings (SSSR count). The third-order valence-corrected chi connectivity index (χ3v) is 5.94. The van der Waals surface area contributed by atoms with Gasteiger partial charge in [0.25, 0.3) is 5.91 Å². The number of hydrogen-bond donors (Lipinski definition) is 1. The molecule has 1 aliphatic rings. The van der Waals surface area contributed by atoms with Crippen LogP contribution in [0, 0.1) is 6.92 Å². The second-order valence-corrected chi connectivity index (χ2v) is 7.37. The molecule has 1 amide bonds. The number of anilines is 1. The number of nitrogens with zero attached hydrogens (tertiary/aromatic N) is 2. The van der Waals surface area contributed by atoms with Crippen LogP contribution in [0.5, 0.6) is 0 Å². The van der Waals surface area contributed by atoms with Gasteiger partial charge in [0.15, 0.2) is 0 Å². The number of carbonyl (C=O) groups excluding carboxylic acids is 1. The minimum absolute atomic E-state index is 0.0273. The maximum absolute atomic E-state index is 12.7. The summed E-state index contributed by atoms with van der Waals surface area (Å²) < 4.78 is 6.57. The number of carbonyl (C=O) groups is 1. The average molecular weight is 367 g/mol. The van der Waals surface area contributed by atoms with Crippen LogP contribution in [-0.2, 0) is 11.3 Å². The molecule has 1 aromatic carbocycles. The molecule has 3 heterocycles. The molecule has 6 heteroatoms. The van der Waals surface area contributed by atoms with Crippen LogP contribution in [0.15, 0.2) is 42.6 Å². The topological polar surface area (TPSA) is 54.5 Å². The van der Waals surface area contributed by atoms with Crippen molar-refractivity contribution in [3.05, 3.63) is 58.6 Å². The number of ether oxygens (including phenoxy) is 1. The van der Waals surface area contributed by atoms with Gasteiger partial charge < -0.3 is 15.0 Å². The number of nitrogens with one attached hydrogen (secondary N) is 1. The van der Waals surface area contributed by atoms with E-state index in [0.29, 0.717) is 19.8 Å². The summed E-state index contributed by atoms with van der Waals surface area (Å²) in [6.45, 7) is 5.55. The van der Waals surface area contributed by atoms with Crippen LogP contribution in [-0.4, -0.2) is 37.2 Å². The highest BCUT2D eigenvalue weighted by atomic mass is 32.1. The Bertz CT molecular complexity index is 932. The minimum Gasteiger partial charge on any atom is -0.378 e. The Morgan fingerprint density at radius 1 is 1.23 bits per heavy atom. The van der Waals surface area contributed by atoms with E-state index in [1.807, 2.05) is 31.2 Å². The fourth-order valence-corrected chi connectivity index (χ4v) is 4.40. The summed E-state index contributed by atoms with van der Waals surface area (Å²) in [4.78, 5) is 20.3. The molecule has 1 aliphatic heterocycles. The predicted molar refractivity (Wildman–Crippen MR) is 105 cm³/mol. The van der Waals surface area contributed by atoms with Crippen LogP contribution in [0.3, 0.4) is 0 Å². The lowest BCUT2D eigenvalue weighted by atomic mass is 10.1. The zero-order valence-corrected chi connectivity index (χ0v) is 15.5. The Balaban J connectivity index is 1.52. The van der Waals surface area contributed by atoms with Gasteiger partial charge in [0.1, 0.15) is 5.82 Å². The van der Waals surface area contributed by atoms with E-state index in [2.05, 4.69) is 27.3 Å². The van der Waals surface area contributed by atoms with Crippen molar-refractivity contribution in [2.75, 3.05) is 31.2 Å². The molecule has 0 aliphatic carbocycles. The lowest BCUT2D eigenvalue weighted by Crippen LogP contribution is -2.37. The Labute approximate surface area is 156 Å². The lowest BCUT2D eigenvalue weighted by molar-refractivity contribution is 0.0954. The van der Waals surface area contributed by atoms with Crippen molar-refractivity contribution < 1.29 is 9.53 Å². The highest BCUT2D eigenvalue weighted by Crippen LogP contribution is 2.30. The second-order valence-electron chi connectivity index (χ2n) is 6.32. The molecule has 1 fully saturated rings. The molecule has 2 aromatic heterocycles. The quantitative estimate of drug-likeness (QED) is 0.768. The SMILES string of the molecule is Cc1c(C(=O)NCc2cccnc2N2CCOCC2)sc2ccccc12. The molecule has 0 radical (unpaired) electrons. The first-order valence-electron chi connectivity index (χ1n) is 8.77. The molecule has 1 saturated heterocycles. The highest BCUT2D eigenvalue weighted by molar-refractivity contribution is 7.21. The normalized spacial score (nSPS) is 14.6. The summed E-state index contributed by atoms with van der Waals surface area (Å²) in [7, 11) is 0. The maximum Gasteiger partial charge on any atom is 0.261 e. The number of amides is 1. The van der Waals surface area contributed by atoms with Gasteiger partial charge in [-0.25, -0.2) is 4.98 Å². The zero-order chi connectivity index (χ0) is 17.9. The molecule has 134 valence electrons. The zero-order valence-electron chi connectivity index (χ0n) is 14.7. The van der Waals surface area contributed by atoms with Crippen LogP contribution >= 0.6 is 11.3 Å². The molecule has 26 heavy (non-hydrogen) atoms. The molecule has 5 nitrogen and oxygen atoms in total.